The average molecular weight is 436 g/mol. The van der Waals surface area contributed by atoms with Crippen molar-refractivity contribution < 1.29 is 9.72 Å². The average Bonchev–Trinajstić information content (AvgIpc) is 3.11. The molecular formula is C19H15Cl2N3O3S. The van der Waals surface area contributed by atoms with Gasteiger partial charge < -0.3 is 4.90 Å². The van der Waals surface area contributed by atoms with Crippen molar-refractivity contribution in [3.8, 4) is 0 Å². The van der Waals surface area contributed by atoms with Gasteiger partial charge in [0.2, 0.25) is 0 Å². The minimum atomic E-state index is -0.579. The van der Waals surface area contributed by atoms with E-state index in [4.69, 9.17) is 28.2 Å². The lowest BCUT2D eigenvalue weighted by Crippen LogP contribution is -2.37. The first-order chi connectivity index (χ1) is 13.4. The number of rotatable bonds is 3. The van der Waals surface area contributed by atoms with E-state index in [1.165, 1.54) is 18.2 Å². The zero-order chi connectivity index (χ0) is 19.8. The van der Waals surface area contributed by atoms with Crippen molar-refractivity contribution in [1.29, 1.82) is 0 Å². The van der Waals surface area contributed by atoms with Crippen molar-refractivity contribution in [3.63, 3.8) is 0 Å². The number of piperidine rings is 1. The Bertz CT molecular complexity index is 1080. The van der Waals surface area contributed by atoms with Gasteiger partial charge in [0, 0.05) is 35.7 Å². The topological polar surface area (TPSA) is 76.3 Å². The van der Waals surface area contributed by atoms with Gasteiger partial charge in [-0.25, -0.2) is 4.98 Å². The van der Waals surface area contributed by atoms with Gasteiger partial charge in [-0.2, -0.15) is 0 Å². The fraction of sp³-hybridized carbons (Fsp3) is 0.263. The molecule has 1 fully saturated rings. The third-order valence-corrected chi connectivity index (χ3v) is 6.64. The van der Waals surface area contributed by atoms with Gasteiger partial charge in [-0.3, -0.25) is 14.9 Å². The summed E-state index contributed by atoms with van der Waals surface area (Å²) in [6.45, 7) is 1.16. The summed E-state index contributed by atoms with van der Waals surface area (Å²) in [6, 6.07) is 9.87. The Labute approximate surface area is 174 Å². The highest BCUT2D eigenvalue weighted by Crippen LogP contribution is 2.35. The number of nitrogens with zero attached hydrogens (tertiary/aromatic N) is 3. The lowest BCUT2D eigenvalue weighted by Gasteiger charge is -2.31. The molecule has 2 aromatic carbocycles. The van der Waals surface area contributed by atoms with Crippen LogP contribution in [0, 0.1) is 10.1 Å². The van der Waals surface area contributed by atoms with Crippen LogP contribution in [-0.4, -0.2) is 33.8 Å². The van der Waals surface area contributed by atoms with Gasteiger partial charge in [0.05, 0.1) is 20.1 Å². The van der Waals surface area contributed by atoms with Crippen molar-refractivity contribution in [2.24, 2.45) is 0 Å². The molecule has 28 heavy (non-hydrogen) atoms. The van der Waals surface area contributed by atoms with E-state index in [2.05, 4.69) is 0 Å². The molecule has 0 saturated carbocycles. The van der Waals surface area contributed by atoms with Crippen LogP contribution < -0.4 is 0 Å². The van der Waals surface area contributed by atoms with Crippen LogP contribution in [0.25, 0.3) is 10.2 Å². The molecule has 0 bridgehead atoms. The summed E-state index contributed by atoms with van der Waals surface area (Å²) in [4.78, 5) is 29.6. The minimum absolute atomic E-state index is 0.0243. The van der Waals surface area contributed by atoms with E-state index in [1.54, 1.807) is 16.2 Å². The van der Waals surface area contributed by atoms with Gasteiger partial charge in [0.15, 0.2) is 0 Å². The summed E-state index contributed by atoms with van der Waals surface area (Å²) in [5.41, 5.74) is 0.930. The number of hydrogen-bond acceptors (Lipinski definition) is 5. The Kier molecular flexibility index (Phi) is 5.23. The maximum Gasteiger partial charge on any atom is 0.288 e. The number of benzene rings is 2. The minimum Gasteiger partial charge on any atom is -0.339 e. The molecule has 1 aromatic heterocycles. The molecule has 0 atom stereocenters. The molecule has 1 aliphatic heterocycles. The smallest absolute Gasteiger partial charge is 0.288 e. The van der Waals surface area contributed by atoms with Gasteiger partial charge in [0.25, 0.3) is 11.6 Å². The van der Waals surface area contributed by atoms with Crippen LogP contribution in [0.4, 0.5) is 5.69 Å². The Balaban J connectivity index is 1.46. The third-order valence-electron chi connectivity index (χ3n) is 4.89. The quantitative estimate of drug-likeness (QED) is 0.400. The van der Waals surface area contributed by atoms with E-state index in [-0.39, 0.29) is 22.2 Å². The maximum atomic E-state index is 12.7. The molecule has 2 heterocycles. The molecule has 0 spiro atoms. The molecule has 0 unspecified atom stereocenters. The van der Waals surface area contributed by atoms with Crippen LogP contribution in [0.1, 0.15) is 34.1 Å². The molecule has 144 valence electrons. The molecule has 0 N–H and O–H groups in total. The number of halogens is 2. The van der Waals surface area contributed by atoms with Crippen molar-refractivity contribution in [3.05, 3.63) is 67.1 Å². The molecule has 0 radical (unpaired) electrons. The maximum absolute atomic E-state index is 12.7. The van der Waals surface area contributed by atoms with Crippen LogP contribution in [0.5, 0.6) is 0 Å². The molecule has 1 saturated heterocycles. The Morgan fingerprint density at radius 3 is 2.64 bits per heavy atom. The molecule has 0 aliphatic carbocycles. The molecule has 4 rings (SSSR count). The highest BCUT2D eigenvalue weighted by Gasteiger charge is 2.27. The highest BCUT2D eigenvalue weighted by molar-refractivity contribution is 7.18. The van der Waals surface area contributed by atoms with Crippen molar-refractivity contribution in [2.45, 2.75) is 18.8 Å². The lowest BCUT2D eigenvalue weighted by molar-refractivity contribution is -0.384. The van der Waals surface area contributed by atoms with E-state index >= 15 is 0 Å². The second kappa shape index (κ2) is 7.66. The van der Waals surface area contributed by atoms with Crippen molar-refractivity contribution in [2.75, 3.05) is 13.1 Å². The number of carbonyl (C=O) groups is 1. The lowest BCUT2D eigenvalue weighted by atomic mass is 9.97. The highest BCUT2D eigenvalue weighted by atomic mass is 35.5. The van der Waals surface area contributed by atoms with Gasteiger partial charge in [-0.1, -0.05) is 23.2 Å². The monoisotopic (exact) mass is 435 g/mol. The number of carbonyl (C=O) groups excluding carboxylic acids is 1. The summed E-state index contributed by atoms with van der Waals surface area (Å²) in [7, 11) is 0. The number of thiazole rings is 1. The van der Waals surface area contributed by atoms with Crippen LogP contribution >= 0.6 is 34.5 Å². The largest absolute Gasteiger partial charge is 0.339 e. The van der Waals surface area contributed by atoms with Crippen LogP contribution in [-0.2, 0) is 0 Å². The second-order valence-electron chi connectivity index (χ2n) is 6.65. The van der Waals surface area contributed by atoms with Crippen LogP contribution in [0.2, 0.25) is 10.0 Å². The standard InChI is InChI=1S/C19H15Cl2N3O3S/c20-13-2-4-17-15(10-13)22-18(28-17)11-5-7-23(8-6-11)19(25)12-1-3-14(21)16(9-12)24(26)27/h1-4,9-11H,5-8H2. The number of likely N-dealkylation sites (tertiary alicyclic amines) is 1. The molecular weight excluding hydrogens is 421 g/mol. The number of amides is 1. The number of nitro benzene ring substituents is 1. The van der Waals surface area contributed by atoms with Crippen LogP contribution in [0.3, 0.4) is 0 Å². The summed E-state index contributed by atoms with van der Waals surface area (Å²) >= 11 is 13.5. The second-order valence-corrected chi connectivity index (χ2v) is 8.56. The third kappa shape index (κ3) is 3.70. The number of fused-ring (bicyclic) bond motifs is 1. The van der Waals surface area contributed by atoms with E-state index in [0.717, 1.165) is 28.1 Å². The number of hydrogen-bond donors (Lipinski definition) is 0. The Morgan fingerprint density at radius 2 is 1.93 bits per heavy atom. The van der Waals surface area contributed by atoms with Gasteiger partial charge in [-0.05, 0) is 43.2 Å². The molecule has 1 aliphatic rings. The summed E-state index contributed by atoms with van der Waals surface area (Å²) in [5.74, 6) is 0.0778. The Morgan fingerprint density at radius 1 is 1.18 bits per heavy atom. The molecule has 6 nitrogen and oxygen atoms in total. The first-order valence-corrected chi connectivity index (χ1v) is 10.3. The van der Waals surface area contributed by atoms with Gasteiger partial charge in [0.1, 0.15) is 5.02 Å². The Hall–Kier alpha value is -2.22. The van der Waals surface area contributed by atoms with Gasteiger partial charge >= 0.3 is 0 Å². The normalized spacial score (nSPS) is 15.1. The van der Waals surface area contributed by atoms with E-state index < -0.39 is 4.92 Å². The van der Waals surface area contributed by atoms with E-state index in [1.807, 2.05) is 18.2 Å². The zero-order valence-electron chi connectivity index (χ0n) is 14.6. The SMILES string of the molecule is O=C(c1ccc(Cl)c([N+](=O)[O-])c1)N1CCC(c2nc3cc(Cl)ccc3s2)CC1. The first kappa shape index (κ1) is 19.1. The fourth-order valence-corrected chi connectivity index (χ4v) is 4.86. The predicted octanol–water partition coefficient (Wildman–Crippen LogP) is 5.53. The predicted molar refractivity (Wildman–Crippen MR) is 111 cm³/mol. The van der Waals surface area contributed by atoms with E-state index in [0.29, 0.717) is 24.0 Å². The molecule has 9 heteroatoms. The van der Waals surface area contributed by atoms with Crippen molar-refractivity contribution in [1.82, 2.24) is 9.88 Å². The van der Waals surface area contributed by atoms with E-state index in [9.17, 15) is 14.9 Å². The fourth-order valence-electron chi connectivity index (χ4n) is 3.39. The molecule has 3 aromatic rings. The number of nitro groups is 1. The molecule has 1 amide bonds. The van der Waals surface area contributed by atoms with Gasteiger partial charge in [-0.15, -0.1) is 11.3 Å². The van der Waals surface area contributed by atoms with Crippen LogP contribution in [0.15, 0.2) is 36.4 Å². The van der Waals surface area contributed by atoms with Crippen molar-refractivity contribution >= 4 is 56.3 Å². The number of aromatic nitrogens is 1. The first-order valence-electron chi connectivity index (χ1n) is 8.71. The summed E-state index contributed by atoms with van der Waals surface area (Å²) in [5, 5.41) is 12.8. The summed E-state index contributed by atoms with van der Waals surface area (Å²) in [6.07, 6.45) is 1.60. The zero-order valence-corrected chi connectivity index (χ0v) is 16.9. The summed E-state index contributed by atoms with van der Waals surface area (Å²) < 4.78 is 1.10.